The van der Waals surface area contributed by atoms with Crippen molar-refractivity contribution in [2.45, 2.75) is 11.8 Å². The van der Waals surface area contributed by atoms with Crippen LogP contribution in [0.25, 0.3) is 0 Å². The van der Waals surface area contributed by atoms with Crippen LogP contribution in [0.4, 0.5) is 5.69 Å². The minimum Gasteiger partial charge on any atom is -0.314 e. The third kappa shape index (κ3) is 2.60. The Hall–Kier alpha value is -1.51. The molecule has 0 unspecified atom stereocenters. The monoisotopic (exact) mass is 285 g/mol. The van der Waals surface area contributed by atoms with Gasteiger partial charge in [-0.1, -0.05) is 6.07 Å². The van der Waals surface area contributed by atoms with Gasteiger partial charge in [0.05, 0.1) is 9.82 Å². The fourth-order valence-corrected chi connectivity index (χ4v) is 3.79. The summed E-state index contributed by atoms with van der Waals surface area (Å²) < 4.78 is 26.3. The predicted molar refractivity (Wildman–Crippen MR) is 69.5 cm³/mol. The number of benzene rings is 1. The van der Waals surface area contributed by atoms with E-state index in [0.29, 0.717) is 26.2 Å². The van der Waals surface area contributed by atoms with Crippen LogP contribution < -0.4 is 5.32 Å². The first-order chi connectivity index (χ1) is 8.94. The smallest absolute Gasteiger partial charge is 0.273 e. The lowest BCUT2D eigenvalue weighted by Crippen LogP contribution is -2.46. The van der Waals surface area contributed by atoms with Crippen molar-refractivity contribution in [2.24, 2.45) is 0 Å². The molecular formula is C11H15N3O4S. The average molecular weight is 285 g/mol. The zero-order valence-electron chi connectivity index (χ0n) is 10.5. The van der Waals surface area contributed by atoms with E-state index in [-0.39, 0.29) is 16.1 Å². The minimum atomic E-state index is -3.66. The summed E-state index contributed by atoms with van der Waals surface area (Å²) in [6.07, 6.45) is 0. The van der Waals surface area contributed by atoms with Gasteiger partial charge in [-0.05, 0) is 13.0 Å². The number of rotatable bonds is 3. The standard InChI is InChI=1S/C11H15N3O4S/c1-9-10(14(15)16)3-2-4-11(9)19(17,18)13-7-5-12-6-8-13/h2-4,12H,5-8H2,1H3. The first kappa shape index (κ1) is 13.9. The summed E-state index contributed by atoms with van der Waals surface area (Å²) in [6, 6.07) is 4.13. The Morgan fingerprint density at radius 1 is 1.32 bits per heavy atom. The molecule has 8 heteroatoms. The first-order valence-corrected chi connectivity index (χ1v) is 7.33. The van der Waals surface area contributed by atoms with Crippen molar-refractivity contribution >= 4 is 15.7 Å². The summed E-state index contributed by atoms with van der Waals surface area (Å²) in [5, 5.41) is 13.9. The molecule has 0 spiro atoms. The molecule has 0 aromatic heterocycles. The van der Waals surface area contributed by atoms with Crippen molar-refractivity contribution in [3.8, 4) is 0 Å². The van der Waals surface area contributed by atoms with Crippen LogP contribution in [0.1, 0.15) is 5.56 Å². The Balaban J connectivity index is 2.46. The van der Waals surface area contributed by atoms with Gasteiger partial charge in [0.25, 0.3) is 5.69 Å². The van der Waals surface area contributed by atoms with Crippen molar-refractivity contribution in [1.29, 1.82) is 0 Å². The largest absolute Gasteiger partial charge is 0.314 e. The second-order valence-corrected chi connectivity index (χ2v) is 6.22. The van der Waals surface area contributed by atoms with E-state index in [1.807, 2.05) is 0 Å². The zero-order valence-corrected chi connectivity index (χ0v) is 11.3. The molecule has 1 N–H and O–H groups in total. The Kier molecular flexibility index (Phi) is 3.83. The van der Waals surface area contributed by atoms with Crippen LogP contribution in [0.5, 0.6) is 0 Å². The summed E-state index contributed by atoms with van der Waals surface area (Å²) in [5.41, 5.74) is 0.0160. The van der Waals surface area contributed by atoms with Gasteiger partial charge in [0.1, 0.15) is 0 Å². The number of hydrogen-bond acceptors (Lipinski definition) is 5. The Morgan fingerprint density at radius 2 is 1.95 bits per heavy atom. The number of sulfonamides is 1. The molecule has 19 heavy (non-hydrogen) atoms. The molecule has 0 atom stereocenters. The van der Waals surface area contributed by atoms with Gasteiger partial charge in [-0.2, -0.15) is 4.31 Å². The maximum Gasteiger partial charge on any atom is 0.273 e. The van der Waals surface area contributed by atoms with Crippen LogP contribution in [-0.4, -0.2) is 43.8 Å². The van der Waals surface area contributed by atoms with E-state index in [1.165, 1.54) is 29.4 Å². The van der Waals surface area contributed by atoms with Gasteiger partial charge in [0.15, 0.2) is 0 Å². The molecule has 104 valence electrons. The molecule has 2 rings (SSSR count). The van der Waals surface area contributed by atoms with Crippen molar-refractivity contribution < 1.29 is 13.3 Å². The lowest BCUT2D eigenvalue weighted by Gasteiger charge is -2.27. The van der Waals surface area contributed by atoms with E-state index in [1.54, 1.807) is 0 Å². The quantitative estimate of drug-likeness (QED) is 0.644. The van der Waals surface area contributed by atoms with Crippen LogP contribution in [0.3, 0.4) is 0 Å². The van der Waals surface area contributed by atoms with E-state index in [2.05, 4.69) is 5.32 Å². The molecule has 0 saturated carbocycles. The molecule has 1 fully saturated rings. The molecule has 1 heterocycles. The number of nitrogens with zero attached hydrogens (tertiary/aromatic N) is 2. The predicted octanol–water partition coefficient (Wildman–Crippen LogP) is 0.497. The summed E-state index contributed by atoms with van der Waals surface area (Å²) in [7, 11) is -3.66. The normalized spacial score (nSPS) is 17.3. The highest BCUT2D eigenvalue weighted by Crippen LogP contribution is 2.27. The molecule has 7 nitrogen and oxygen atoms in total. The highest BCUT2D eigenvalue weighted by molar-refractivity contribution is 7.89. The van der Waals surface area contributed by atoms with Crippen LogP contribution >= 0.6 is 0 Å². The number of piperazine rings is 1. The van der Waals surface area contributed by atoms with Crippen LogP contribution in [0.15, 0.2) is 23.1 Å². The third-order valence-electron chi connectivity index (χ3n) is 3.15. The van der Waals surface area contributed by atoms with E-state index in [0.717, 1.165) is 0 Å². The molecular weight excluding hydrogens is 270 g/mol. The van der Waals surface area contributed by atoms with Gasteiger partial charge >= 0.3 is 0 Å². The fraction of sp³-hybridized carbons (Fsp3) is 0.455. The molecule has 0 radical (unpaired) electrons. The van der Waals surface area contributed by atoms with Gasteiger partial charge in [-0.15, -0.1) is 0 Å². The SMILES string of the molecule is Cc1c([N+](=O)[O-])cccc1S(=O)(=O)N1CCNCC1. The minimum absolute atomic E-state index is 0.0172. The van der Waals surface area contributed by atoms with Crippen molar-refractivity contribution in [3.63, 3.8) is 0 Å². The Morgan fingerprint density at radius 3 is 2.53 bits per heavy atom. The fourth-order valence-electron chi connectivity index (χ4n) is 2.10. The van der Waals surface area contributed by atoms with E-state index in [9.17, 15) is 18.5 Å². The molecule has 1 aliphatic heterocycles. The molecule has 1 saturated heterocycles. The Labute approximate surface area is 111 Å². The summed E-state index contributed by atoms with van der Waals surface area (Å²) in [6.45, 7) is 3.41. The maximum atomic E-state index is 12.5. The number of nitro groups is 1. The first-order valence-electron chi connectivity index (χ1n) is 5.89. The second kappa shape index (κ2) is 5.24. The highest BCUT2D eigenvalue weighted by Gasteiger charge is 2.29. The van der Waals surface area contributed by atoms with Crippen LogP contribution in [-0.2, 0) is 10.0 Å². The molecule has 1 aromatic carbocycles. The van der Waals surface area contributed by atoms with Gasteiger partial charge in [-0.3, -0.25) is 10.1 Å². The molecule has 1 aromatic rings. The lowest BCUT2D eigenvalue weighted by molar-refractivity contribution is -0.385. The maximum absolute atomic E-state index is 12.5. The topological polar surface area (TPSA) is 92.5 Å². The molecule has 0 amide bonds. The second-order valence-electron chi connectivity index (χ2n) is 4.31. The van der Waals surface area contributed by atoms with E-state index < -0.39 is 14.9 Å². The molecule has 0 bridgehead atoms. The van der Waals surface area contributed by atoms with Crippen molar-refractivity contribution in [3.05, 3.63) is 33.9 Å². The van der Waals surface area contributed by atoms with Crippen LogP contribution in [0.2, 0.25) is 0 Å². The lowest BCUT2D eigenvalue weighted by atomic mass is 10.2. The zero-order chi connectivity index (χ0) is 14.0. The number of hydrogen-bond donors (Lipinski definition) is 1. The van der Waals surface area contributed by atoms with Gasteiger partial charge in [0.2, 0.25) is 10.0 Å². The van der Waals surface area contributed by atoms with E-state index in [4.69, 9.17) is 0 Å². The van der Waals surface area contributed by atoms with Crippen molar-refractivity contribution in [2.75, 3.05) is 26.2 Å². The Bertz CT molecular complexity index is 594. The van der Waals surface area contributed by atoms with Gasteiger partial charge in [-0.25, -0.2) is 8.42 Å². The highest BCUT2D eigenvalue weighted by atomic mass is 32.2. The summed E-state index contributed by atoms with van der Waals surface area (Å²) in [5.74, 6) is 0. The molecule has 0 aliphatic carbocycles. The van der Waals surface area contributed by atoms with Crippen molar-refractivity contribution in [1.82, 2.24) is 9.62 Å². The van der Waals surface area contributed by atoms with Crippen LogP contribution in [0, 0.1) is 17.0 Å². The van der Waals surface area contributed by atoms with E-state index >= 15 is 0 Å². The average Bonchev–Trinajstić information content (AvgIpc) is 2.39. The van der Waals surface area contributed by atoms with Gasteiger partial charge < -0.3 is 5.32 Å². The summed E-state index contributed by atoms with van der Waals surface area (Å²) >= 11 is 0. The summed E-state index contributed by atoms with van der Waals surface area (Å²) in [4.78, 5) is 10.3. The number of nitro benzene ring substituents is 1. The van der Waals surface area contributed by atoms with Gasteiger partial charge in [0, 0.05) is 37.8 Å². The number of nitrogens with one attached hydrogen (secondary N) is 1. The third-order valence-corrected chi connectivity index (χ3v) is 5.19. The molecule has 1 aliphatic rings.